The van der Waals surface area contributed by atoms with Gasteiger partial charge in [-0.2, -0.15) is 12.6 Å². The monoisotopic (exact) mass is 641 g/mol. The van der Waals surface area contributed by atoms with Gasteiger partial charge in [0.15, 0.2) is 0 Å². The Kier molecular flexibility index (Phi) is 13.5. The smallest absolute Gasteiger partial charge is 0.408 e. The van der Waals surface area contributed by atoms with Gasteiger partial charge in [0.2, 0.25) is 11.8 Å². The number of ether oxygens (including phenoxy) is 2. The van der Waals surface area contributed by atoms with Gasteiger partial charge in [0.1, 0.15) is 29.3 Å². The lowest BCUT2D eigenvalue weighted by molar-refractivity contribution is -0.159. The molecule has 0 aliphatic rings. The van der Waals surface area contributed by atoms with Crippen LogP contribution in [0.2, 0.25) is 0 Å². The zero-order valence-corrected chi connectivity index (χ0v) is 29.3. The van der Waals surface area contributed by atoms with Gasteiger partial charge in [0, 0.05) is 18.2 Å². The van der Waals surface area contributed by atoms with E-state index in [1.165, 1.54) is 4.90 Å². The highest BCUT2D eigenvalue weighted by Crippen LogP contribution is 2.28. The molecular weight excluding hydrogens is 590 g/mol. The number of rotatable bonds is 12. The summed E-state index contributed by atoms with van der Waals surface area (Å²) in [6.07, 6.45) is -0.0530. The molecule has 9 nitrogen and oxygen atoms in total. The van der Waals surface area contributed by atoms with E-state index in [0.29, 0.717) is 12.0 Å². The molecule has 3 amide bonds. The Morgan fingerprint density at radius 2 is 1.44 bits per heavy atom. The minimum atomic E-state index is -1.13. The first-order valence-electron chi connectivity index (χ1n) is 15.4. The quantitative estimate of drug-likeness (QED) is 0.198. The molecule has 2 aromatic carbocycles. The van der Waals surface area contributed by atoms with E-state index in [0.717, 1.165) is 16.7 Å². The lowest BCUT2D eigenvalue weighted by Crippen LogP contribution is -2.57. The van der Waals surface area contributed by atoms with Gasteiger partial charge >= 0.3 is 12.1 Å². The van der Waals surface area contributed by atoms with Crippen LogP contribution in [0.15, 0.2) is 48.5 Å². The first-order chi connectivity index (χ1) is 20.9. The van der Waals surface area contributed by atoms with Crippen LogP contribution in [0.1, 0.15) is 90.1 Å². The molecule has 10 heteroatoms. The zero-order chi connectivity index (χ0) is 34.1. The van der Waals surface area contributed by atoms with Gasteiger partial charge in [-0.1, -0.05) is 55.5 Å². The Morgan fingerprint density at radius 1 is 0.844 bits per heavy atom. The number of hydrogen-bond donors (Lipinski definition) is 3. The summed E-state index contributed by atoms with van der Waals surface area (Å²) in [5, 5.41) is 5.56. The highest BCUT2D eigenvalue weighted by atomic mass is 32.1. The molecule has 0 aromatic heterocycles. The summed E-state index contributed by atoms with van der Waals surface area (Å²) in [5.74, 6) is -1.66. The number of nitrogens with one attached hydrogen (secondary N) is 2. The van der Waals surface area contributed by atoms with Crippen molar-refractivity contribution in [2.45, 2.75) is 117 Å². The molecule has 0 saturated heterocycles. The van der Waals surface area contributed by atoms with Crippen LogP contribution in [0.4, 0.5) is 4.79 Å². The van der Waals surface area contributed by atoms with Gasteiger partial charge in [0.25, 0.3) is 0 Å². The third-order valence-electron chi connectivity index (χ3n) is 7.16. The van der Waals surface area contributed by atoms with E-state index in [2.05, 4.69) is 23.3 Å². The van der Waals surface area contributed by atoms with Gasteiger partial charge in [-0.05, 0) is 91.0 Å². The fraction of sp³-hybridized carbons (Fsp3) is 0.543. The number of nitrogens with zero attached hydrogens (tertiary/aromatic N) is 1. The van der Waals surface area contributed by atoms with Crippen molar-refractivity contribution in [3.8, 4) is 0 Å². The summed E-state index contributed by atoms with van der Waals surface area (Å²) in [4.78, 5) is 56.4. The normalized spacial score (nSPS) is 14.4. The molecule has 0 saturated carbocycles. The summed E-state index contributed by atoms with van der Waals surface area (Å²) in [6, 6.07) is 11.3. The first kappa shape index (κ1) is 37.7. The molecule has 4 unspecified atom stereocenters. The predicted octanol–water partition coefficient (Wildman–Crippen LogP) is 5.86. The molecular formula is C35H51N3O6S. The second-order valence-electron chi connectivity index (χ2n) is 13.4. The maximum absolute atomic E-state index is 14.5. The molecule has 0 heterocycles. The third kappa shape index (κ3) is 11.7. The fourth-order valence-corrected chi connectivity index (χ4v) is 4.90. The van der Waals surface area contributed by atoms with Gasteiger partial charge in [-0.3, -0.25) is 9.59 Å². The summed E-state index contributed by atoms with van der Waals surface area (Å²) in [6.45, 7) is 18.1. The molecule has 0 spiro atoms. The van der Waals surface area contributed by atoms with Crippen LogP contribution < -0.4 is 10.6 Å². The van der Waals surface area contributed by atoms with Crippen molar-refractivity contribution in [1.29, 1.82) is 0 Å². The molecule has 4 atom stereocenters. The summed E-state index contributed by atoms with van der Waals surface area (Å²) in [7, 11) is 0. The number of aryl methyl sites for hydroxylation is 2. The van der Waals surface area contributed by atoms with Crippen LogP contribution in [0.3, 0.4) is 0 Å². The van der Waals surface area contributed by atoms with E-state index in [4.69, 9.17) is 9.47 Å². The van der Waals surface area contributed by atoms with Crippen LogP contribution in [-0.2, 0) is 30.3 Å². The maximum Gasteiger partial charge on any atom is 0.408 e. The van der Waals surface area contributed by atoms with Gasteiger partial charge in [-0.15, -0.1) is 0 Å². The first-order valence-corrected chi connectivity index (χ1v) is 16.1. The molecule has 2 rings (SSSR count). The second-order valence-corrected chi connectivity index (χ2v) is 13.8. The number of thiol groups is 1. The van der Waals surface area contributed by atoms with E-state index in [-0.39, 0.29) is 12.2 Å². The second kappa shape index (κ2) is 16.2. The lowest BCUT2D eigenvalue weighted by atomic mass is 9.96. The van der Waals surface area contributed by atoms with Crippen LogP contribution in [0.5, 0.6) is 0 Å². The number of carbonyl (C=O) groups is 4. The average molecular weight is 642 g/mol. The van der Waals surface area contributed by atoms with Crippen LogP contribution in [0, 0.1) is 13.8 Å². The molecule has 2 aromatic rings. The average Bonchev–Trinajstić information content (AvgIpc) is 2.93. The summed E-state index contributed by atoms with van der Waals surface area (Å²) >= 11 is 4.37. The number of amides is 3. The van der Waals surface area contributed by atoms with E-state index in [1.54, 1.807) is 41.5 Å². The van der Waals surface area contributed by atoms with Crippen molar-refractivity contribution in [2.75, 3.05) is 5.75 Å². The molecule has 2 N–H and O–H groups in total. The SMILES string of the molecule is CCC(C)N(C(=O)C(CS)NC(=O)OC(C)(C)C)C(C(=O)NC(Cc1ccccc1)C(=O)OC(C)(C)C)c1ccc(C)c(C)c1. The van der Waals surface area contributed by atoms with Gasteiger partial charge in [0.05, 0.1) is 0 Å². The highest BCUT2D eigenvalue weighted by Gasteiger charge is 2.40. The molecule has 0 aliphatic heterocycles. The van der Waals surface area contributed by atoms with Crippen molar-refractivity contribution >= 4 is 36.5 Å². The number of esters is 1. The molecule has 0 bridgehead atoms. The molecule has 0 fully saturated rings. The fourth-order valence-electron chi connectivity index (χ4n) is 4.65. The van der Waals surface area contributed by atoms with E-state index >= 15 is 0 Å². The number of hydrogen-bond acceptors (Lipinski definition) is 7. The summed E-state index contributed by atoms with van der Waals surface area (Å²) in [5.41, 5.74) is 1.81. The Labute approximate surface area is 274 Å². The van der Waals surface area contributed by atoms with Gasteiger partial charge < -0.3 is 25.0 Å². The summed E-state index contributed by atoms with van der Waals surface area (Å²) < 4.78 is 11.1. The Bertz CT molecular complexity index is 1320. The zero-order valence-electron chi connectivity index (χ0n) is 28.4. The van der Waals surface area contributed by atoms with Gasteiger partial charge in [-0.25, -0.2) is 9.59 Å². The molecule has 248 valence electrons. The van der Waals surface area contributed by atoms with E-state index < -0.39 is 59.2 Å². The topological polar surface area (TPSA) is 114 Å². The lowest BCUT2D eigenvalue weighted by Gasteiger charge is -2.38. The minimum absolute atomic E-state index is 0.0270. The minimum Gasteiger partial charge on any atom is -0.458 e. The molecule has 45 heavy (non-hydrogen) atoms. The largest absolute Gasteiger partial charge is 0.458 e. The van der Waals surface area contributed by atoms with Crippen molar-refractivity contribution < 1.29 is 28.7 Å². The van der Waals surface area contributed by atoms with Crippen molar-refractivity contribution in [3.05, 3.63) is 70.8 Å². The van der Waals surface area contributed by atoms with Crippen LogP contribution in [-0.4, -0.2) is 63.9 Å². The highest BCUT2D eigenvalue weighted by molar-refractivity contribution is 7.80. The van der Waals surface area contributed by atoms with Crippen molar-refractivity contribution in [1.82, 2.24) is 15.5 Å². The molecule has 0 aliphatic carbocycles. The van der Waals surface area contributed by atoms with Crippen molar-refractivity contribution in [2.24, 2.45) is 0 Å². The molecule has 0 radical (unpaired) electrons. The predicted molar refractivity (Wildman–Crippen MR) is 180 cm³/mol. The van der Waals surface area contributed by atoms with Crippen molar-refractivity contribution in [3.63, 3.8) is 0 Å². The Morgan fingerprint density at radius 3 is 1.96 bits per heavy atom. The number of benzene rings is 2. The van der Waals surface area contributed by atoms with Crippen LogP contribution in [0.25, 0.3) is 0 Å². The standard InChI is InChI=1S/C35H51N3O6S/c1-11-24(4)38(31(40)28(21-45)37-33(42)44-35(8,9)10)29(26-18-17-22(2)23(3)19-26)30(39)36-27(32(41)43-34(5,6)7)20-25-15-13-12-14-16-25/h12-19,24,27-29,45H,11,20-21H2,1-10H3,(H,36,39)(H,37,42). The van der Waals surface area contributed by atoms with E-state index in [1.807, 2.05) is 76.2 Å². The third-order valence-corrected chi connectivity index (χ3v) is 7.52. The Balaban J connectivity index is 2.62. The van der Waals surface area contributed by atoms with Crippen LogP contribution >= 0.6 is 12.6 Å². The Hall–Kier alpha value is -3.53. The maximum atomic E-state index is 14.5. The van der Waals surface area contributed by atoms with E-state index in [9.17, 15) is 19.2 Å². The number of alkyl carbamates (subject to hydrolysis) is 1. The number of carbonyl (C=O) groups excluding carboxylic acids is 4.